The Morgan fingerprint density at radius 3 is 2.76 bits per heavy atom. The Bertz CT molecular complexity index is 500. The van der Waals surface area contributed by atoms with E-state index in [1.807, 2.05) is 0 Å². The summed E-state index contributed by atoms with van der Waals surface area (Å²) in [6, 6.07) is 6.97. The van der Waals surface area contributed by atoms with Gasteiger partial charge in [0.25, 0.3) is 5.91 Å². The van der Waals surface area contributed by atoms with Gasteiger partial charge in [-0.15, -0.1) is 0 Å². The molecule has 0 spiro atoms. The number of hydrogen-bond donors (Lipinski definition) is 1. The van der Waals surface area contributed by atoms with Crippen molar-refractivity contribution in [3.05, 3.63) is 29.3 Å². The van der Waals surface area contributed by atoms with Gasteiger partial charge in [0.1, 0.15) is 5.75 Å². The van der Waals surface area contributed by atoms with Crippen LogP contribution in [0.2, 0.25) is 5.02 Å². The average Bonchev–Trinajstić information content (AvgIpc) is 2.84. The highest BCUT2D eigenvalue weighted by atomic mass is 35.5. The normalized spacial score (nSPS) is 18.3. The zero-order valence-corrected chi connectivity index (χ0v) is 13.3. The second kappa shape index (κ2) is 6.67. The molecule has 1 unspecified atom stereocenters. The van der Waals surface area contributed by atoms with E-state index in [4.69, 9.17) is 16.3 Å². The molecule has 1 aromatic rings. The second-order valence-corrected chi connectivity index (χ2v) is 6.28. The lowest BCUT2D eigenvalue weighted by Gasteiger charge is -2.30. The topological polar surface area (TPSA) is 49.8 Å². The summed E-state index contributed by atoms with van der Waals surface area (Å²) < 4.78 is 5.62. The third-order valence-electron chi connectivity index (χ3n) is 3.90. The number of benzene rings is 1. The first-order valence-corrected chi connectivity index (χ1v) is 7.67. The van der Waals surface area contributed by atoms with Gasteiger partial charge < -0.3 is 14.7 Å². The van der Waals surface area contributed by atoms with Gasteiger partial charge in [-0.05, 0) is 38.0 Å². The maximum Gasteiger partial charge on any atom is 0.263 e. The van der Waals surface area contributed by atoms with Crippen molar-refractivity contribution in [3.8, 4) is 5.75 Å². The van der Waals surface area contributed by atoms with Crippen molar-refractivity contribution in [1.82, 2.24) is 4.90 Å². The lowest BCUT2D eigenvalue weighted by atomic mass is 10.0. The number of nitrogens with zero attached hydrogens (tertiary/aromatic N) is 1. The first kappa shape index (κ1) is 16.1. The van der Waals surface area contributed by atoms with Gasteiger partial charge >= 0.3 is 0 Å². The van der Waals surface area contributed by atoms with Gasteiger partial charge in [0, 0.05) is 18.6 Å². The Balaban J connectivity index is 1.92. The minimum absolute atomic E-state index is 0.143. The van der Waals surface area contributed by atoms with E-state index in [1.54, 1.807) is 43.1 Å². The van der Waals surface area contributed by atoms with E-state index in [0.717, 1.165) is 25.7 Å². The third kappa shape index (κ3) is 4.35. The molecule has 1 amide bonds. The standard InChI is InChI=1S/C16H22ClNO3/c1-12(21-14-7-5-6-13(17)10-14)15(19)18(2)11-16(20)8-3-4-9-16/h5-7,10,12,20H,3-4,8-9,11H2,1-2H3. The van der Waals surface area contributed by atoms with Gasteiger partial charge in [-0.1, -0.05) is 30.5 Å². The van der Waals surface area contributed by atoms with E-state index >= 15 is 0 Å². The molecule has 4 nitrogen and oxygen atoms in total. The van der Waals surface area contributed by atoms with Crippen LogP contribution in [0, 0.1) is 0 Å². The van der Waals surface area contributed by atoms with E-state index in [0.29, 0.717) is 17.3 Å². The van der Waals surface area contributed by atoms with Gasteiger partial charge in [0.15, 0.2) is 6.10 Å². The maximum atomic E-state index is 12.3. The highest BCUT2D eigenvalue weighted by Gasteiger charge is 2.34. The molecule has 1 aromatic carbocycles. The van der Waals surface area contributed by atoms with Crippen molar-refractivity contribution in [3.63, 3.8) is 0 Å². The molecule has 0 bridgehead atoms. The SMILES string of the molecule is CC(Oc1cccc(Cl)c1)C(=O)N(C)CC1(O)CCCC1. The predicted molar refractivity (Wildman–Crippen MR) is 82.6 cm³/mol. The molecular weight excluding hydrogens is 290 g/mol. The summed E-state index contributed by atoms with van der Waals surface area (Å²) in [6.07, 6.45) is 2.95. The van der Waals surface area contributed by atoms with Crippen LogP contribution in [0.15, 0.2) is 24.3 Å². The van der Waals surface area contributed by atoms with Gasteiger partial charge in [0.05, 0.1) is 5.60 Å². The molecule has 1 atom stereocenters. The zero-order chi connectivity index (χ0) is 15.5. The molecule has 116 valence electrons. The summed E-state index contributed by atoms with van der Waals surface area (Å²) >= 11 is 5.89. The number of ether oxygens (including phenoxy) is 1. The van der Waals surface area contributed by atoms with Crippen LogP contribution >= 0.6 is 11.6 Å². The van der Waals surface area contributed by atoms with Crippen molar-refractivity contribution < 1.29 is 14.6 Å². The van der Waals surface area contributed by atoms with E-state index in [9.17, 15) is 9.90 Å². The smallest absolute Gasteiger partial charge is 0.263 e. The van der Waals surface area contributed by atoms with E-state index < -0.39 is 11.7 Å². The summed E-state index contributed by atoms with van der Waals surface area (Å²) in [6.45, 7) is 2.06. The average molecular weight is 312 g/mol. The largest absolute Gasteiger partial charge is 0.481 e. The van der Waals surface area contributed by atoms with Crippen LogP contribution in [0.5, 0.6) is 5.75 Å². The van der Waals surface area contributed by atoms with Crippen LogP contribution in [0.4, 0.5) is 0 Å². The minimum Gasteiger partial charge on any atom is -0.481 e. The van der Waals surface area contributed by atoms with Crippen LogP contribution < -0.4 is 4.74 Å². The van der Waals surface area contributed by atoms with E-state index in [1.165, 1.54) is 0 Å². The van der Waals surface area contributed by atoms with Crippen LogP contribution in [0.25, 0.3) is 0 Å². The van der Waals surface area contributed by atoms with Gasteiger partial charge in [0.2, 0.25) is 0 Å². The van der Waals surface area contributed by atoms with Gasteiger partial charge in [-0.3, -0.25) is 4.79 Å². The molecular formula is C16H22ClNO3. The zero-order valence-electron chi connectivity index (χ0n) is 12.5. The molecule has 5 heteroatoms. The number of amides is 1. The molecule has 1 aliphatic rings. The Hall–Kier alpha value is -1.26. The molecule has 21 heavy (non-hydrogen) atoms. The molecule has 1 aliphatic carbocycles. The van der Waals surface area contributed by atoms with Crippen molar-refractivity contribution in [2.24, 2.45) is 0 Å². The molecule has 0 aliphatic heterocycles. The number of halogens is 1. The Morgan fingerprint density at radius 2 is 2.14 bits per heavy atom. The number of hydrogen-bond acceptors (Lipinski definition) is 3. The number of carbonyl (C=O) groups is 1. The minimum atomic E-state index is -0.736. The van der Waals surface area contributed by atoms with Crippen LogP contribution in [0.3, 0.4) is 0 Å². The maximum absolute atomic E-state index is 12.3. The van der Waals surface area contributed by atoms with Crippen LogP contribution in [-0.4, -0.2) is 41.2 Å². The first-order valence-electron chi connectivity index (χ1n) is 7.29. The fraction of sp³-hybridized carbons (Fsp3) is 0.562. The second-order valence-electron chi connectivity index (χ2n) is 5.84. The Labute approximate surface area is 130 Å². The summed E-state index contributed by atoms with van der Waals surface area (Å²) in [5.74, 6) is 0.423. The lowest BCUT2D eigenvalue weighted by molar-refractivity contribution is -0.139. The first-order chi connectivity index (χ1) is 9.89. The van der Waals surface area contributed by atoms with Crippen LogP contribution in [-0.2, 0) is 4.79 Å². The highest BCUT2D eigenvalue weighted by Crippen LogP contribution is 2.30. The summed E-state index contributed by atoms with van der Waals surface area (Å²) in [4.78, 5) is 13.9. The number of aliphatic hydroxyl groups is 1. The lowest BCUT2D eigenvalue weighted by Crippen LogP contribution is -2.46. The number of rotatable bonds is 5. The van der Waals surface area contributed by atoms with Crippen molar-refractivity contribution in [1.29, 1.82) is 0 Å². The van der Waals surface area contributed by atoms with Gasteiger partial charge in [-0.25, -0.2) is 0 Å². The van der Waals surface area contributed by atoms with E-state index in [2.05, 4.69) is 0 Å². The molecule has 2 rings (SSSR count). The van der Waals surface area contributed by atoms with Crippen molar-refractivity contribution in [2.75, 3.05) is 13.6 Å². The Morgan fingerprint density at radius 1 is 1.48 bits per heavy atom. The summed E-state index contributed by atoms with van der Waals surface area (Å²) in [5, 5.41) is 10.9. The molecule has 1 N–H and O–H groups in total. The van der Waals surface area contributed by atoms with Gasteiger partial charge in [-0.2, -0.15) is 0 Å². The fourth-order valence-electron chi connectivity index (χ4n) is 2.82. The summed E-state index contributed by atoms with van der Waals surface area (Å²) in [5.41, 5.74) is -0.736. The number of likely N-dealkylation sites (N-methyl/N-ethyl adjacent to an activating group) is 1. The van der Waals surface area contributed by atoms with E-state index in [-0.39, 0.29) is 5.91 Å². The fourth-order valence-corrected chi connectivity index (χ4v) is 3.00. The Kier molecular flexibility index (Phi) is 5.12. The predicted octanol–water partition coefficient (Wildman–Crippen LogP) is 2.87. The molecule has 0 saturated heterocycles. The van der Waals surface area contributed by atoms with Crippen LogP contribution in [0.1, 0.15) is 32.6 Å². The monoisotopic (exact) mass is 311 g/mol. The number of carbonyl (C=O) groups excluding carboxylic acids is 1. The van der Waals surface area contributed by atoms with Crippen molar-refractivity contribution >= 4 is 17.5 Å². The third-order valence-corrected chi connectivity index (χ3v) is 4.13. The molecule has 0 heterocycles. The molecule has 0 radical (unpaired) electrons. The molecule has 0 aromatic heterocycles. The summed E-state index contributed by atoms with van der Waals surface area (Å²) in [7, 11) is 1.70. The quantitative estimate of drug-likeness (QED) is 0.909. The molecule has 1 fully saturated rings. The highest BCUT2D eigenvalue weighted by molar-refractivity contribution is 6.30. The molecule has 1 saturated carbocycles. The van der Waals surface area contributed by atoms with Crippen molar-refractivity contribution in [2.45, 2.75) is 44.3 Å².